The topological polar surface area (TPSA) is 125 Å². The number of benzene rings is 2. The van der Waals surface area contributed by atoms with Gasteiger partial charge in [-0.2, -0.15) is 0 Å². The molecular weight excluding hydrogens is 412 g/mol. The molecule has 2 aromatic rings. The molecule has 8 heteroatoms. The Kier molecular flexibility index (Phi) is 6.41. The van der Waals surface area contributed by atoms with Crippen molar-refractivity contribution in [2.24, 2.45) is 5.92 Å². The molecule has 32 heavy (non-hydrogen) atoms. The molecule has 1 unspecified atom stereocenters. The van der Waals surface area contributed by atoms with Crippen molar-refractivity contribution in [3.05, 3.63) is 59.7 Å². The molecule has 2 aromatic carbocycles. The average molecular weight is 438 g/mol. The summed E-state index contributed by atoms with van der Waals surface area (Å²) in [5, 5.41) is 23.4. The summed E-state index contributed by atoms with van der Waals surface area (Å²) < 4.78 is 5.43. The van der Waals surface area contributed by atoms with E-state index in [0.717, 1.165) is 22.3 Å². The molecule has 0 aromatic heterocycles. The molecule has 8 nitrogen and oxygen atoms in total. The molecule has 0 bridgehead atoms. The summed E-state index contributed by atoms with van der Waals surface area (Å²) in [6.07, 6.45) is -0.123. The first-order valence-corrected chi connectivity index (χ1v) is 10.7. The van der Waals surface area contributed by atoms with Crippen LogP contribution in [0.4, 0.5) is 4.79 Å². The average Bonchev–Trinajstić information content (AvgIpc) is 3.07. The van der Waals surface area contributed by atoms with Gasteiger partial charge in [-0.25, -0.2) is 4.79 Å². The third kappa shape index (κ3) is 4.60. The summed E-state index contributed by atoms with van der Waals surface area (Å²) >= 11 is 0. The molecule has 4 N–H and O–H groups in total. The molecule has 0 aliphatic heterocycles. The molecule has 2 amide bonds. The zero-order valence-electron chi connectivity index (χ0n) is 17.5. The number of aliphatic hydroxyl groups excluding tert-OH is 1. The first-order valence-electron chi connectivity index (χ1n) is 10.7. The van der Waals surface area contributed by atoms with Crippen molar-refractivity contribution in [2.45, 2.75) is 37.3 Å². The summed E-state index contributed by atoms with van der Waals surface area (Å²) in [5.74, 6) is -1.76. The van der Waals surface area contributed by atoms with E-state index in [1.807, 2.05) is 48.5 Å². The zero-order chi connectivity index (χ0) is 22.7. The summed E-state index contributed by atoms with van der Waals surface area (Å²) in [6, 6.07) is 14.5. The molecule has 0 spiro atoms. The number of amides is 2. The number of aliphatic hydroxyl groups is 1. The van der Waals surface area contributed by atoms with Gasteiger partial charge in [0, 0.05) is 18.6 Å². The molecule has 0 heterocycles. The van der Waals surface area contributed by atoms with Gasteiger partial charge in [-0.3, -0.25) is 9.59 Å². The Morgan fingerprint density at radius 3 is 2.16 bits per heavy atom. The maximum Gasteiger partial charge on any atom is 0.407 e. The van der Waals surface area contributed by atoms with Crippen molar-refractivity contribution < 1.29 is 29.3 Å². The minimum absolute atomic E-state index is 0.0585. The van der Waals surface area contributed by atoms with Gasteiger partial charge in [0.25, 0.3) is 0 Å². The Labute approximate surface area is 185 Å². The van der Waals surface area contributed by atoms with Crippen molar-refractivity contribution in [3.63, 3.8) is 0 Å². The number of carbonyl (C=O) groups is 3. The summed E-state index contributed by atoms with van der Waals surface area (Å²) in [6.45, 7) is 0.130. The van der Waals surface area contributed by atoms with Crippen LogP contribution in [-0.4, -0.2) is 53.5 Å². The van der Waals surface area contributed by atoms with Gasteiger partial charge >= 0.3 is 12.1 Å². The van der Waals surface area contributed by atoms with Gasteiger partial charge in [-0.05, 0) is 41.0 Å². The van der Waals surface area contributed by atoms with E-state index < -0.39 is 30.4 Å². The van der Waals surface area contributed by atoms with Gasteiger partial charge in [0.15, 0.2) is 0 Å². The van der Waals surface area contributed by atoms with Gasteiger partial charge in [0.2, 0.25) is 5.91 Å². The number of alkyl carbamates (subject to hydrolysis) is 1. The second-order valence-corrected chi connectivity index (χ2v) is 8.35. The lowest BCUT2D eigenvalue weighted by Gasteiger charge is -2.35. The van der Waals surface area contributed by atoms with Crippen LogP contribution >= 0.6 is 0 Å². The summed E-state index contributed by atoms with van der Waals surface area (Å²) in [7, 11) is 0. The minimum Gasteiger partial charge on any atom is -0.481 e. The van der Waals surface area contributed by atoms with E-state index in [9.17, 15) is 14.4 Å². The molecule has 1 atom stereocenters. The van der Waals surface area contributed by atoms with Gasteiger partial charge in [-0.1, -0.05) is 48.5 Å². The van der Waals surface area contributed by atoms with Crippen LogP contribution < -0.4 is 10.6 Å². The number of carboxylic acids is 1. The fraction of sp³-hybridized carbons (Fsp3) is 0.375. The SMILES string of the molecule is O=C(O)CC(NC(=O)OCC1c2ccccc2-c2ccccc21)C(=O)NC1CC(CO)C1. The predicted octanol–water partition coefficient (Wildman–Crippen LogP) is 2.26. The lowest BCUT2D eigenvalue weighted by atomic mass is 9.81. The molecule has 1 fully saturated rings. The van der Waals surface area contributed by atoms with E-state index in [1.54, 1.807) is 0 Å². The van der Waals surface area contributed by atoms with Crippen LogP contribution in [0.2, 0.25) is 0 Å². The molecular formula is C24H26N2O6. The van der Waals surface area contributed by atoms with Gasteiger partial charge in [0.1, 0.15) is 12.6 Å². The number of carbonyl (C=O) groups excluding carboxylic acids is 2. The first-order chi connectivity index (χ1) is 15.5. The van der Waals surface area contributed by atoms with Gasteiger partial charge in [-0.15, -0.1) is 0 Å². The number of ether oxygens (including phenoxy) is 1. The minimum atomic E-state index is -1.24. The van der Waals surface area contributed by atoms with E-state index in [-0.39, 0.29) is 31.1 Å². The summed E-state index contributed by atoms with van der Waals surface area (Å²) in [5.41, 5.74) is 4.32. The van der Waals surface area contributed by atoms with Gasteiger partial charge < -0.3 is 25.6 Å². The smallest absolute Gasteiger partial charge is 0.407 e. The molecule has 168 valence electrons. The highest BCUT2D eigenvalue weighted by atomic mass is 16.5. The number of fused-ring (bicyclic) bond motifs is 3. The molecule has 2 aliphatic rings. The van der Waals surface area contributed by atoms with Crippen LogP contribution in [0, 0.1) is 5.92 Å². The third-order valence-electron chi connectivity index (χ3n) is 6.17. The largest absolute Gasteiger partial charge is 0.481 e. The highest BCUT2D eigenvalue weighted by molar-refractivity contribution is 5.89. The molecule has 0 saturated heterocycles. The van der Waals surface area contributed by atoms with Crippen LogP contribution in [0.3, 0.4) is 0 Å². The molecule has 1 saturated carbocycles. The van der Waals surface area contributed by atoms with Crippen LogP contribution in [0.1, 0.15) is 36.3 Å². The number of carboxylic acid groups (broad SMARTS) is 1. The van der Waals surface area contributed by atoms with Crippen molar-refractivity contribution in [1.29, 1.82) is 0 Å². The Balaban J connectivity index is 1.37. The highest BCUT2D eigenvalue weighted by Gasteiger charge is 2.33. The van der Waals surface area contributed by atoms with E-state index >= 15 is 0 Å². The van der Waals surface area contributed by atoms with Gasteiger partial charge in [0.05, 0.1) is 6.42 Å². The lowest BCUT2D eigenvalue weighted by Crippen LogP contribution is -2.53. The maximum atomic E-state index is 12.5. The number of nitrogens with one attached hydrogen (secondary N) is 2. The maximum absolute atomic E-state index is 12.5. The second-order valence-electron chi connectivity index (χ2n) is 8.35. The quantitative estimate of drug-likeness (QED) is 0.501. The van der Waals surface area contributed by atoms with Crippen molar-refractivity contribution in [1.82, 2.24) is 10.6 Å². The Bertz CT molecular complexity index is 972. The van der Waals surface area contributed by atoms with E-state index in [2.05, 4.69) is 10.6 Å². The van der Waals surface area contributed by atoms with Crippen molar-refractivity contribution >= 4 is 18.0 Å². The second kappa shape index (κ2) is 9.40. The van der Waals surface area contributed by atoms with Crippen LogP contribution in [0.5, 0.6) is 0 Å². The zero-order valence-corrected chi connectivity index (χ0v) is 17.5. The first kappa shape index (κ1) is 21.8. The van der Waals surface area contributed by atoms with E-state index in [1.165, 1.54) is 0 Å². The van der Waals surface area contributed by atoms with E-state index in [0.29, 0.717) is 12.8 Å². The van der Waals surface area contributed by atoms with Crippen LogP contribution in [-0.2, 0) is 14.3 Å². The van der Waals surface area contributed by atoms with Crippen LogP contribution in [0.15, 0.2) is 48.5 Å². The monoisotopic (exact) mass is 438 g/mol. The number of hydrogen-bond acceptors (Lipinski definition) is 5. The molecule has 4 rings (SSSR count). The standard InChI is InChI=1S/C24H26N2O6/c27-12-14-9-15(10-14)25-23(30)21(11-22(28)29)26-24(31)32-13-20-18-7-3-1-5-16(18)17-6-2-4-8-19(17)20/h1-8,14-15,20-21,27H,9-13H2,(H,25,30)(H,26,31)(H,28,29). The Morgan fingerprint density at radius 2 is 1.59 bits per heavy atom. The number of aliphatic carboxylic acids is 1. The fourth-order valence-electron chi connectivity index (χ4n) is 4.47. The summed E-state index contributed by atoms with van der Waals surface area (Å²) in [4.78, 5) is 36.1. The lowest BCUT2D eigenvalue weighted by molar-refractivity contribution is -0.140. The van der Waals surface area contributed by atoms with Crippen molar-refractivity contribution in [3.8, 4) is 11.1 Å². The number of rotatable bonds is 8. The fourth-order valence-corrected chi connectivity index (χ4v) is 4.47. The third-order valence-corrected chi connectivity index (χ3v) is 6.17. The normalized spacial score (nSPS) is 19.8. The van der Waals surface area contributed by atoms with E-state index in [4.69, 9.17) is 14.9 Å². The highest BCUT2D eigenvalue weighted by Crippen LogP contribution is 2.44. The number of hydrogen-bond donors (Lipinski definition) is 4. The Hall–Kier alpha value is -3.39. The molecule has 2 aliphatic carbocycles. The van der Waals surface area contributed by atoms with Crippen LogP contribution in [0.25, 0.3) is 11.1 Å². The predicted molar refractivity (Wildman–Crippen MR) is 116 cm³/mol. The Morgan fingerprint density at radius 1 is 1.00 bits per heavy atom. The molecule has 0 radical (unpaired) electrons. The van der Waals surface area contributed by atoms with Crippen molar-refractivity contribution in [2.75, 3.05) is 13.2 Å².